The van der Waals surface area contributed by atoms with Gasteiger partial charge in [-0.3, -0.25) is 0 Å². The summed E-state index contributed by atoms with van der Waals surface area (Å²) in [6.07, 6.45) is 2.61. The highest BCUT2D eigenvalue weighted by molar-refractivity contribution is 7.90. The number of halogens is 1. The summed E-state index contributed by atoms with van der Waals surface area (Å²) in [4.78, 5) is 0. The number of sulfone groups is 1. The SMILES string of the molecule is Cc1cc(OCCCCS(C)(=O)=O)ccc1-c1cccc(CCl)c1. The zero-order valence-electron chi connectivity index (χ0n) is 14.1. The number of rotatable bonds is 8. The van der Waals surface area contributed by atoms with Crippen LogP contribution in [0.4, 0.5) is 0 Å². The number of hydrogen-bond acceptors (Lipinski definition) is 3. The van der Waals surface area contributed by atoms with Crippen molar-refractivity contribution in [2.75, 3.05) is 18.6 Å². The average molecular weight is 367 g/mol. The van der Waals surface area contributed by atoms with Crippen LogP contribution in [0.25, 0.3) is 11.1 Å². The van der Waals surface area contributed by atoms with Gasteiger partial charge in [-0.2, -0.15) is 0 Å². The first-order chi connectivity index (χ1) is 11.4. The van der Waals surface area contributed by atoms with Crippen LogP contribution in [0.2, 0.25) is 0 Å². The molecule has 0 heterocycles. The Balaban J connectivity index is 1.97. The van der Waals surface area contributed by atoms with Crippen LogP contribution in [-0.2, 0) is 15.7 Å². The van der Waals surface area contributed by atoms with E-state index in [0.717, 1.165) is 34.4 Å². The van der Waals surface area contributed by atoms with E-state index in [4.69, 9.17) is 16.3 Å². The van der Waals surface area contributed by atoms with E-state index >= 15 is 0 Å². The molecule has 0 spiro atoms. The van der Waals surface area contributed by atoms with Crippen molar-refractivity contribution in [3.63, 3.8) is 0 Å². The van der Waals surface area contributed by atoms with E-state index in [1.54, 1.807) is 0 Å². The predicted molar refractivity (Wildman–Crippen MR) is 101 cm³/mol. The molecule has 2 aromatic carbocycles. The van der Waals surface area contributed by atoms with Gasteiger partial charge in [-0.1, -0.05) is 24.3 Å². The lowest BCUT2D eigenvalue weighted by Gasteiger charge is -2.11. The Hall–Kier alpha value is -1.52. The molecule has 24 heavy (non-hydrogen) atoms. The minimum atomic E-state index is -2.88. The Bertz CT molecular complexity index is 785. The van der Waals surface area contributed by atoms with Crippen molar-refractivity contribution in [2.24, 2.45) is 0 Å². The van der Waals surface area contributed by atoms with E-state index in [1.165, 1.54) is 6.26 Å². The lowest BCUT2D eigenvalue weighted by atomic mass is 9.99. The second kappa shape index (κ2) is 8.54. The molecule has 0 amide bonds. The normalized spacial score (nSPS) is 11.5. The summed E-state index contributed by atoms with van der Waals surface area (Å²) < 4.78 is 27.9. The average Bonchev–Trinajstić information content (AvgIpc) is 2.53. The van der Waals surface area contributed by atoms with Crippen LogP contribution in [0.3, 0.4) is 0 Å². The van der Waals surface area contributed by atoms with E-state index in [2.05, 4.69) is 25.1 Å². The molecule has 0 atom stereocenters. The molecule has 0 saturated carbocycles. The zero-order valence-corrected chi connectivity index (χ0v) is 15.7. The van der Waals surface area contributed by atoms with Crippen molar-refractivity contribution < 1.29 is 13.2 Å². The molecule has 0 aliphatic carbocycles. The highest BCUT2D eigenvalue weighted by Crippen LogP contribution is 2.28. The van der Waals surface area contributed by atoms with Crippen LogP contribution < -0.4 is 4.74 Å². The third kappa shape index (κ3) is 5.84. The molecule has 3 nitrogen and oxygen atoms in total. The van der Waals surface area contributed by atoms with Crippen molar-refractivity contribution in [3.05, 3.63) is 53.6 Å². The second-order valence-corrected chi connectivity index (χ2v) is 8.52. The zero-order chi connectivity index (χ0) is 17.6. The fourth-order valence-corrected chi connectivity index (χ4v) is 3.42. The minimum absolute atomic E-state index is 0.214. The monoisotopic (exact) mass is 366 g/mol. The van der Waals surface area contributed by atoms with Gasteiger partial charge in [0, 0.05) is 12.1 Å². The molecule has 0 unspecified atom stereocenters. The first kappa shape index (κ1) is 18.8. The highest BCUT2D eigenvalue weighted by atomic mass is 35.5. The molecule has 0 aromatic heterocycles. The Morgan fingerprint density at radius 3 is 2.54 bits per heavy atom. The first-order valence-electron chi connectivity index (χ1n) is 7.95. The summed E-state index contributed by atoms with van der Waals surface area (Å²) in [6, 6.07) is 14.2. The number of ether oxygens (including phenoxy) is 1. The van der Waals surface area contributed by atoms with Gasteiger partial charge in [0.05, 0.1) is 12.4 Å². The van der Waals surface area contributed by atoms with Gasteiger partial charge < -0.3 is 4.74 Å². The number of aryl methyl sites for hydroxylation is 1. The van der Waals surface area contributed by atoms with Gasteiger partial charge in [0.1, 0.15) is 15.6 Å². The molecule has 0 N–H and O–H groups in total. The molecule has 130 valence electrons. The van der Waals surface area contributed by atoms with Crippen LogP contribution in [0.5, 0.6) is 5.75 Å². The highest BCUT2D eigenvalue weighted by Gasteiger charge is 2.05. The molecule has 5 heteroatoms. The molecule has 2 rings (SSSR count). The molecule has 0 fully saturated rings. The molecular weight excluding hydrogens is 344 g/mol. The van der Waals surface area contributed by atoms with Crippen LogP contribution in [0.15, 0.2) is 42.5 Å². The van der Waals surface area contributed by atoms with E-state index < -0.39 is 9.84 Å². The fourth-order valence-electron chi connectivity index (χ4n) is 2.53. The van der Waals surface area contributed by atoms with Crippen molar-refractivity contribution >= 4 is 21.4 Å². The van der Waals surface area contributed by atoms with Gasteiger partial charge in [0.25, 0.3) is 0 Å². The number of unbranched alkanes of at least 4 members (excludes halogenated alkanes) is 1. The summed E-state index contributed by atoms with van der Waals surface area (Å²) >= 11 is 5.90. The van der Waals surface area contributed by atoms with Crippen molar-refractivity contribution in [3.8, 4) is 16.9 Å². The van der Waals surface area contributed by atoms with Gasteiger partial charge in [-0.05, 0) is 60.2 Å². The summed E-state index contributed by atoms with van der Waals surface area (Å²) in [5.41, 5.74) is 4.53. The molecular formula is C19H23ClO3S. The summed E-state index contributed by atoms with van der Waals surface area (Å²) in [5, 5.41) is 0. The number of hydrogen-bond donors (Lipinski definition) is 0. The standard InChI is InChI=1S/C19H23ClO3S/c1-15-12-18(23-10-3-4-11-24(2,21)22)8-9-19(15)17-7-5-6-16(13-17)14-20/h5-9,12-13H,3-4,10-11,14H2,1-2H3. The van der Waals surface area contributed by atoms with Gasteiger partial charge >= 0.3 is 0 Å². The fraction of sp³-hybridized carbons (Fsp3) is 0.368. The van der Waals surface area contributed by atoms with Gasteiger partial charge in [-0.15, -0.1) is 11.6 Å². The lowest BCUT2D eigenvalue weighted by Crippen LogP contribution is -2.05. The molecule has 0 saturated heterocycles. The van der Waals surface area contributed by atoms with E-state index in [1.807, 2.05) is 24.3 Å². The van der Waals surface area contributed by atoms with Crippen LogP contribution >= 0.6 is 11.6 Å². The van der Waals surface area contributed by atoms with E-state index in [0.29, 0.717) is 18.9 Å². The molecule has 0 bridgehead atoms. The van der Waals surface area contributed by atoms with E-state index in [9.17, 15) is 8.42 Å². The van der Waals surface area contributed by atoms with Crippen molar-refractivity contribution in [2.45, 2.75) is 25.6 Å². The third-order valence-corrected chi connectivity index (χ3v) is 5.11. The van der Waals surface area contributed by atoms with Gasteiger partial charge in [0.2, 0.25) is 0 Å². The number of alkyl halides is 1. The number of benzene rings is 2. The first-order valence-corrected chi connectivity index (χ1v) is 10.5. The second-order valence-electron chi connectivity index (χ2n) is 6.00. The largest absolute Gasteiger partial charge is 0.494 e. The van der Waals surface area contributed by atoms with Gasteiger partial charge in [-0.25, -0.2) is 8.42 Å². The summed E-state index contributed by atoms with van der Waals surface area (Å²) in [5.74, 6) is 1.52. The van der Waals surface area contributed by atoms with Crippen LogP contribution in [0.1, 0.15) is 24.0 Å². The third-order valence-electron chi connectivity index (χ3n) is 3.77. The minimum Gasteiger partial charge on any atom is -0.494 e. The Labute approximate surface area is 149 Å². The molecule has 0 aliphatic rings. The van der Waals surface area contributed by atoms with Crippen molar-refractivity contribution in [1.29, 1.82) is 0 Å². The summed E-state index contributed by atoms with van der Waals surface area (Å²) in [6.45, 7) is 2.58. The Morgan fingerprint density at radius 2 is 1.88 bits per heavy atom. The smallest absolute Gasteiger partial charge is 0.147 e. The maximum atomic E-state index is 11.1. The maximum absolute atomic E-state index is 11.1. The molecule has 0 aliphatic heterocycles. The summed E-state index contributed by atoms with van der Waals surface area (Å²) in [7, 11) is -2.88. The maximum Gasteiger partial charge on any atom is 0.147 e. The Kier molecular flexibility index (Phi) is 6.69. The topological polar surface area (TPSA) is 43.4 Å². The lowest BCUT2D eigenvalue weighted by molar-refractivity contribution is 0.309. The molecule has 2 aromatic rings. The Morgan fingerprint density at radius 1 is 1.08 bits per heavy atom. The van der Waals surface area contributed by atoms with Crippen LogP contribution in [-0.4, -0.2) is 27.0 Å². The van der Waals surface area contributed by atoms with E-state index in [-0.39, 0.29) is 5.75 Å². The van der Waals surface area contributed by atoms with Crippen molar-refractivity contribution in [1.82, 2.24) is 0 Å². The predicted octanol–water partition coefficient (Wildman–Crippen LogP) is 4.60. The van der Waals surface area contributed by atoms with Gasteiger partial charge in [0.15, 0.2) is 0 Å². The van der Waals surface area contributed by atoms with Crippen LogP contribution in [0, 0.1) is 6.92 Å². The molecule has 0 radical (unpaired) electrons. The quantitative estimate of drug-likeness (QED) is 0.506.